The van der Waals surface area contributed by atoms with E-state index < -0.39 is 0 Å². The van der Waals surface area contributed by atoms with E-state index in [0.717, 1.165) is 39.1 Å². The standard InChI is InChI=1S/C25H22N4O2S2/c1-17-14-21(18(2)28(17)15-20-10-6-12-31-20)22(30)16-33-25-27-26-24(23-11-7-13-32-23)29(25)19-8-4-3-5-9-19/h3-14H,15-16H2,1-2H3. The van der Waals surface area contributed by atoms with E-state index in [1.165, 1.54) is 11.8 Å². The van der Waals surface area contributed by atoms with Crippen molar-refractivity contribution >= 4 is 28.9 Å². The van der Waals surface area contributed by atoms with Crippen molar-refractivity contribution in [1.82, 2.24) is 19.3 Å². The largest absolute Gasteiger partial charge is 0.467 e. The predicted molar refractivity (Wildman–Crippen MR) is 131 cm³/mol. The molecular weight excluding hydrogens is 452 g/mol. The van der Waals surface area contributed by atoms with E-state index >= 15 is 0 Å². The van der Waals surface area contributed by atoms with Crippen molar-refractivity contribution in [3.8, 4) is 16.4 Å². The first-order valence-electron chi connectivity index (χ1n) is 10.5. The normalized spacial score (nSPS) is 11.2. The van der Waals surface area contributed by atoms with Crippen LogP contribution in [0, 0.1) is 13.8 Å². The summed E-state index contributed by atoms with van der Waals surface area (Å²) in [6.45, 7) is 4.60. The number of carbonyl (C=O) groups is 1. The molecule has 6 nitrogen and oxygen atoms in total. The van der Waals surface area contributed by atoms with Crippen LogP contribution in [0.2, 0.25) is 0 Å². The zero-order chi connectivity index (χ0) is 22.8. The zero-order valence-electron chi connectivity index (χ0n) is 18.3. The Morgan fingerprint density at radius 2 is 1.91 bits per heavy atom. The van der Waals surface area contributed by atoms with Gasteiger partial charge in [0, 0.05) is 22.6 Å². The lowest BCUT2D eigenvalue weighted by Crippen LogP contribution is -2.08. The Balaban J connectivity index is 1.40. The van der Waals surface area contributed by atoms with E-state index in [2.05, 4.69) is 14.8 Å². The van der Waals surface area contributed by atoms with Crippen LogP contribution in [0.15, 0.2) is 81.9 Å². The Kier molecular flexibility index (Phi) is 6.02. The van der Waals surface area contributed by atoms with Gasteiger partial charge in [0.2, 0.25) is 0 Å². The third-order valence-corrected chi connectivity index (χ3v) is 7.28. The molecule has 8 heteroatoms. The summed E-state index contributed by atoms with van der Waals surface area (Å²) >= 11 is 3.03. The third-order valence-electron chi connectivity index (χ3n) is 5.49. The number of nitrogens with zero attached hydrogens (tertiary/aromatic N) is 4. The highest BCUT2D eigenvalue weighted by Gasteiger charge is 2.20. The minimum Gasteiger partial charge on any atom is -0.467 e. The summed E-state index contributed by atoms with van der Waals surface area (Å²) in [5, 5.41) is 11.6. The molecule has 0 bridgehead atoms. The lowest BCUT2D eigenvalue weighted by molar-refractivity contribution is 0.102. The van der Waals surface area contributed by atoms with E-state index in [4.69, 9.17) is 4.42 Å². The van der Waals surface area contributed by atoms with Crippen LogP contribution >= 0.6 is 23.1 Å². The maximum absolute atomic E-state index is 13.2. The minimum atomic E-state index is 0.0686. The number of benzene rings is 1. The number of aromatic nitrogens is 4. The SMILES string of the molecule is Cc1cc(C(=O)CSc2nnc(-c3cccs3)n2-c2ccccc2)c(C)n1Cc1ccco1. The molecular formula is C25H22N4O2S2. The van der Waals surface area contributed by atoms with Gasteiger partial charge in [-0.25, -0.2) is 0 Å². The Morgan fingerprint density at radius 1 is 1.06 bits per heavy atom. The first kappa shape index (κ1) is 21.5. The monoisotopic (exact) mass is 474 g/mol. The Morgan fingerprint density at radius 3 is 2.64 bits per heavy atom. The molecule has 0 spiro atoms. The average Bonchev–Trinajstić information content (AvgIpc) is 3.63. The number of thioether (sulfide) groups is 1. The van der Waals surface area contributed by atoms with Crippen LogP contribution in [0.3, 0.4) is 0 Å². The van der Waals surface area contributed by atoms with Gasteiger partial charge in [0.15, 0.2) is 16.8 Å². The molecule has 166 valence electrons. The van der Waals surface area contributed by atoms with Crippen LogP contribution in [-0.2, 0) is 6.54 Å². The third kappa shape index (κ3) is 4.31. The van der Waals surface area contributed by atoms with Gasteiger partial charge in [0.25, 0.3) is 0 Å². The minimum absolute atomic E-state index is 0.0686. The molecule has 5 rings (SSSR count). The van der Waals surface area contributed by atoms with Gasteiger partial charge in [-0.1, -0.05) is 36.0 Å². The van der Waals surface area contributed by atoms with Crippen molar-refractivity contribution in [2.75, 3.05) is 5.75 Å². The molecule has 0 fully saturated rings. The van der Waals surface area contributed by atoms with Crippen LogP contribution < -0.4 is 0 Å². The van der Waals surface area contributed by atoms with Crippen molar-refractivity contribution in [3.05, 3.63) is 95.0 Å². The molecule has 4 aromatic heterocycles. The van der Waals surface area contributed by atoms with E-state index in [-0.39, 0.29) is 11.5 Å². The van der Waals surface area contributed by atoms with Crippen molar-refractivity contribution in [1.29, 1.82) is 0 Å². The number of furan rings is 1. The summed E-state index contributed by atoms with van der Waals surface area (Å²) in [7, 11) is 0. The fraction of sp³-hybridized carbons (Fsp3) is 0.160. The van der Waals surface area contributed by atoms with Gasteiger partial charge in [-0.3, -0.25) is 9.36 Å². The molecule has 0 aliphatic rings. The van der Waals surface area contributed by atoms with Crippen LogP contribution in [0.25, 0.3) is 16.4 Å². The molecule has 1 aromatic carbocycles. The number of Topliss-reactive ketones (excluding diaryl/α,β-unsaturated/α-hetero) is 1. The lowest BCUT2D eigenvalue weighted by atomic mass is 10.2. The molecule has 4 heterocycles. The van der Waals surface area contributed by atoms with E-state index in [0.29, 0.717) is 11.7 Å². The smallest absolute Gasteiger partial charge is 0.196 e. The Bertz CT molecular complexity index is 1370. The molecule has 0 unspecified atom stereocenters. The van der Waals surface area contributed by atoms with Crippen molar-refractivity contribution < 1.29 is 9.21 Å². The topological polar surface area (TPSA) is 65.8 Å². The van der Waals surface area contributed by atoms with Gasteiger partial charge in [0.05, 0.1) is 23.4 Å². The number of aryl methyl sites for hydroxylation is 1. The lowest BCUT2D eigenvalue weighted by Gasteiger charge is -2.09. The molecule has 33 heavy (non-hydrogen) atoms. The van der Waals surface area contributed by atoms with Crippen molar-refractivity contribution in [2.24, 2.45) is 0 Å². The number of hydrogen-bond acceptors (Lipinski definition) is 6. The van der Waals surface area contributed by atoms with Gasteiger partial charge in [-0.15, -0.1) is 21.5 Å². The molecule has 0 aliphatic carbocycles. The average molecular weight is 475 g/mol. The second-order valence-corrected chi connectivity index (χ2v) is 9.51. The number of hydrogen-bond donors (Lipinski definition) is 0. The summed E-state index contributed by atoms with van der Waals surface area (Å²) in [6, 6.07) is 19.8. The second-order valence-electron chi connectivity index (χ2n) is 7.62. The fourth-order valence-corrected chi connectivity index (χ4v) is 5.37. The highest BCUT2D eigenvalue weighted by Crippen LogP contribution is 2.31. The number of thiophene rings is 1. The van der Waals surface area contributed by atoms with Crippen LogP contribution in [0.5, 0.6) is 0 Å². The van der Waals surface area contributed by atoms with Crippen LogP contribution in [0.4, 0.5) is 0 Å². The molecule has 0 amide bonds. The van der Waals surface area contributed by atoms with Gasteiger partial charge >= 0.3 is 0 Å². The number of ketones is 1. The van der Waals surface area contributed by atoms with E-state index in [1.807, 2.05) is 84.5 Å². The summed E-state index contributed by atoms with van der Waals surface area (Å²) in [6.07, 6.45) is 1.67. The molecule has 0 saturated carbocycles. The van der Waals surface area contributed by atoms with Crippen molar-refractivity contribution in [2.45, 2.75) is 25.5 Å². The summed E-state index contributed by atoms with van der Waals surface area (Å²) in [4.78, 5) is 14.2. The van der Waals surface area contributed by atoms with Gasteiger partial charge < -0.3 is 8.98 Å². The molecule has 0 radical (unpaired) electrons. The second kappa shape index (κ2) is 9.25. The number of rotatable bonds is 8. The predicted octanol–water partition coefficient (Wildman–Crippen LogP) is 6.03. The van der Waals surface area contributed by atoms with Crippen LogP contribution in [-0.4, -0.2) is 30.9 Å². The van der Waals surface area contributed by atoms with Crippen LogP contribution in [0.1, 0.15) is 27.5 Å². The quantitative estimate of drug-likeness (QED) is 0.203. The fourth-order valence-electron chi connectivity index (χ4n) is 3.83. The van der Waals surface area contributed by atoms with Gasteiger partial charge in [-0.2, -0.15) is 0 Å². The molecule has 5 aromatic rings. The molecule has 0 atom stereocenters. The first-order chi connectivity index (χ1) is 16.1. The maximum atomic E-state index is 13.2. The highest BCUT2D eigenvalue weighted by molar-refractivity contribution is 7.99. The maximum Gasteiger partial charge on any atom is 0.196 e. The van der Waals surface area contributed by atoms with E-state index in [1.54, 1.807) is 17.6 Å². The molecule has 0 aliphatic heterocycles. The summed E-state index contributed by atoms with van der Waals surface area (Å²) in [5.74, 6) is 1.99. The zero-order valence-corrected chi connectivity index (χ0v) is 19.9. The molecule has 0 saturated heterocycles. The molecule has 0 N–H and O–H groups in total. The van der Waals surface area contributed by atoms with E-state index in [9.17, 15) is 4.79 Å². The Labute approximate surface area is 199 Å². The number of para-hydroxylation sites is 1. The Hall–Kier alpha value is -3.36. The summed E-state index contributed by atoms with van der Waals surface area (Å²) in [5.41, 5.74) is 3.68. The van der Waals surface area contributed by atoms with Crippen molar-refractivity contribution in [3.63, 3.8) is 0 Å². The van der Waals surface area contributed by atoms with Gasteiger partial charge in [-0.05, 0) is 55.6 Å². The highest BCUT2D eigenvalue weighted by atomic mass is 32.2. The number of carbonyl (C=O) groups excluding carboxylic acids is 1. The first-order valence-corrected chi connectivity index (χ1v) is 12.4. The summed E-state index contributed by atoms with van der Waals surface area (Å²) < 4.78 is 9.61. The van der Waals surface area contributed by atoms with Gasteiger partial charge in [0.1, 0.15) is 5.76 Å².